The van der Waals surface area contributed by atoms with Gasteiger partial charge in [0.15, 0.2) is 0 Å². The molecule has 2 heterocycles. The average Bonchev–Trinajstić information content (AvgIpc) is 3.04. The van der Waals surface area contributed by atoms with Gasteiger partial charge in [-0.2, -0.15) is 4.68 Å². The number of urea groups is 1. The minimum absolute atomic E-state index is 0.144. The van der Waals surface area contributed by atoms with Crippen LogP contribution < -0.4 is 15.8 Å². The number of carbonyl (C=O) groups excluding carboxylic acids is 1. The van der Waals surface area contributed by atoms with Crippen LogP contribution in [0.25, 0.3) is 5.69 Å². The Hall–Kier alpha value is -3.32. The van der Waals surface area contributed by atoms with Crippen LogP contribution in [0, 0.1) is 6.92 Å². The Balaban J connectivity index is 1.46. The Morgan fingerprint density at radius 2 is 1.81 bits per heavy atom. The van der Waals surface area contributed by atoms with E-state index in [2.05, 4.69) is 15.3 Å². The molecule has 0 radical (unpaired) electrons. The summed E-state index contributed by atoms with van der Waals surface area (Å²) >= 11 is 6.06. The molecule has 0 saturated carbocycles. The Kier molecular flexibility index (Phi) is 6.23. The number of aryl methyl sites for hydroxylation is 1. The quantitative estimate of drug-likeness (QED) is 0.673. The standard InChI is InChI=1S/C23H24ClN5O2/c1-17-8-9-18(24)16-20(17)25-23(31)28-13-5-12-27(14-15-28)21-10-11-22(30)29(26-21)19-6-3-2-4-7-19/h2-4,6-11,16H,5,12-15H2,1H3,(H,25,31). The molecule has 0 aliphatic carbocycles. The lowest BCUT2D eigenvalue weighted by molar-refractivity contribution is 0.215. The average molecular weight is 438 g/mol. The van der Waals surface area contributed by atoms with Crippen LogP contribution in [0.4, 0.5) is 16.3 Å². The molecule has 0 bridgehead atoms. The van der Waals surface area contributed by atoms with Gasteiger partial charge in [-0.3, -0.25) is 4.79 Å². The highest BCUT2D eigenvalue weighted by Crippen LogP contribution is 2.21. The van der Waals surface area contributed by atoms with Gasteiger partial charge in [0.2, 0.25) is 0 Å². The van der Waals surface area contributed by atoms with Crippen LogP contribution in [-0.4, -0.2) is 46.9 Å². The molecule has 1 N–H and O–H groups in total. The van der Waals surface area contributed by atoms with Crippen molar-refractivity contribution in [1.29, 1.82) is 0 Å². The molecule has 0 atom stereocenters. The van der Waals surface area contributed by atoms with Gasteiger partial charge in [-0.15, -0.1) is 5.10 Å². The number of amides is 2. The molecule has 0 unspecified atom stereocenters. The molecule has 3 aromatic rings. The fourth-order valence-electron chi connectivity index (χ4n) is 3.60. The van der Waals surface area contributed by atoms with Gasteiger partial charge < -0.3 is 15.1 Å². The monoisotopic (exact) mass is 437 g/mol. The summed E-state index contributed by atoms with van der Waals surface area (Å²) in [6.07, 6.45) is 0.800. The number of carbonyl (C=O) groups is 1. The zero-order valence-electron chi connectivity index (χ0n) is 17.3. The third kappa shape index (κ3) is 4.88. The number of benzene rings is 2. The Morgan fingerprint density at radius 1 is 1.00 bits per heavy atom. The van der Waals surface area contributed by atoms with Gasteiger partial charge in [0.05, 0.1) is 5.69 Å². The molecule has 1 fully saturated rings. The molecule has 2 amide bonds. The highest BCUT2D eigenvalue weighted by Gasteiger charge is 2.21. The maximum atomic E-state index is 12.8. The summed E-state index contributed by atoms with van der Waals surface area (Å²) in [5.74, 6) is 0.719. The highest BCUT2D eigenvalue weighted by atomic mass is 35.5. The summed E-state index contributed by atoms with van der Waals surface area (Å²) in [7, 11) is 0. The molecule has 8 heteroatoms. The van der Waals surface area contributed by atoms with Gasteiger partial charge >= 0.3 is 6.03 Å². The summed E-state index contributed by atoms with van der Waals surface area (Å²) in [4.78, 5) is 29.0. The van der Waals surface area contributed by atoms with Crippen molar-refractivity contribution < 1.29 is 4.79 Å². The lowest BCUT2D eigenvalue weighted by Crippen LogP contribution is -2.38. The van der Waals surface area contributed by atoms with Crippen LogP contribution in [0.15, 0.2) is 65.5 Å². The summed E-state index contributed by atoms with van der Waals surface area (Å²) in [5.41, 5.74) is 2.22. The second-order valence-electron chi connectivity index (χ2n) is 7.49. The SMILES string of the molecule is Cc1ccc(Cl)cc1NC(=O)N1CCCN(c2ccc(=O)n(-c3ccccc3)n2)CC1. The second-order valence-corrected chi connectivity index (χ2v) is 7.93. The first-order chi connectivity index (χ1) is 15.0. The largest absolute Gasteiger partial charge is 0.353 e. The van der Waals surface area contributed by atoms with Gasteiger partial charge in [-0.1, -0.05) is 35.9 Å². The van der Waals surface area contributed by atoms with Crippen LogP contribution in [0.5, 0.6) is 0 Å². The van der Waals surface area contributed by atoms with Gasteiger partial charge in [0, 0.05) is 43.0 Å². The van der Waals surface area contributed by atoms with Crippen LogP contribution in [-0.2, 0) is 0 Å². The maximum Gasteiger partial charge on any atom is 0.321 e. The highest BCUT2D eigenvalue weighted by molar-refractivity contribution is 6.31. The summed E-state index contributed by atoms with van der Waals surface area (Å²) in [6.45, 7) is 4.50. The van der Waals surface area contributed by atoms with Gasteiger partial charge in [-0.05, 0) is 49.2 Å². The smallest absolute Gasteiger partial charge is 0.321 e. The van der Waals surface area contributed by atoms with E-state index in [0.29, 0.717) is 24.7 Å². The number of rotatable bonds is 3. The third-order valence-corrected chi connectivity index (χ3v) is 5.57. The van der Waals surface area contributed by atoms with E-state index < -0.39 is 0 Å². The predicted octanol–water partition coefficient (Wildman–Crippen LogP) is 3.94. The van der Waals surface area contributed by atoms with E-state index in [-0.39, 0.29) is 11.6 Å². The number of halogens is 1. The normalized spacial score (nSPS) is 14.3. The van der Waals surface area contributed by atoms with Gasteiger partial charge in [0.1, 0.15) is 5.82 Å². The number of hydrogen-bond donors (Lipinski definition) is 1. The molecule has 1 saturated heterocycles. The minimum atomic E-state index is -0.178. The molecule has 1 aliphatic rings. The van der Waals surface area contributed by atoms with Crippen molar-refractivity contribution in [2.45, 2.75) is 13.3 Å². The zero-order valence-corrected chi connectivity index (χ0v) is 18.0. The van der Waals surface area contributed by atoms with Crippen molar-refractivity contribution >= 4 is 29.1 Å². The fraction of sp³-hybridized carbons (Fsp3) is 0.261. The molecule has 1 aliphatic heterocycles. The van der Waals surface area contributed by atoms with Crippen molar-refractivity contribution in [3.63, 3.8) is 0 Å². The van der Waals surface area contributed by atoms with Crippen LogP contribution in [0.1, 0.15) is 12.0 Å². The lowest BCUT2D eigenvalue weighted by atomic mass is 10.2. The van der Waals surface area contributed by atoms with Crippen LogP contribution >= 0.6 is 11.6 Å². The van der Waals surface area contributed by atoms with Crippen molar-refractivity contribution in [3.8, 4) is 5.69 Å². The molecule has 1 aromatic heterocycles. The molecule has 7 nitrogen and oxygen atoms in total. The van der Waals surface area contributed by atoms with E-state index in [1.54, 1.807) is 23.1 Å². The Bertz CT molecular complexity index is 1130. The van der Waals surface area contributed by atoms with E-state index in [1.165, 1.54) is 10.7 Å². The van der Waals surface area contributed by atoms with E-state index in [4.69, 9.17) is 11.6 Å². The summed E-state index contributed by atoms with van der Waals surface area (Å²) in [6, 6.07) is 17.9. The Labute approximate surface area is 185 Å². The number of aromatic nitrogens is 2. The van der Waals surface area contributed by atoms with Crippen molar-refractivity contribution in [2.75, 3.05) is 36.4 Å². The van der Waals surface area contributed by atoms with Crippen LogP contribution in [0.3, 0.4) is 0 Å². The molecule has 31 heavy (non-hydrogen) atoms. The van der Waals surface area contributed by atoms with Crippen molar-refractivity contribution in [3.05, 3.63) is 81.6 Å². The van der Waals surface area contributed by atoms with Gasteiger partial charge in [0.25, 0.3) is 5.56 Å². The number of nitrogens with one attached hydrogen (secondary N) is 1. The summed E-state index contributed by atoms with van der Waals surface area (Å²) in [5, 5.41) is 8.11. The molecule has 160 valence electrons. The van der Waals surface area contributed by atoms with Crippen LogP contribution in [0.2, 0.25) is 5.02 Å². The first-order valence-corrected chi connectivity index (χ1v) is 10.6. The van der Waals surface area contributed by atoms with E-state index >= 15 is 0 Å². The number of hydrogen-bond acceptors (Lipinski definition) is 4. The second kappa shape index (κ2) is 9.22. The van der Waals surface area contributed by atoms with E-state index in [9.17, 15) is 9.59 Å². The Morgan fingerprint density at radius 3 is 2.61 bits per heavy atom. The first-order valence-electron chi connectivity index (χ1n) is 10.2. The third-order valence-electron chi connectivity index (χ3n) is 5.34. The minimum Gasteiger partial charge on any atom is -0.353 e. The maximum absolute atomic E-state index is 12.8. The van der Waals surface area contributed by atoms with Crippen molar-refractivity contribution in [1.82, 2.24) is 14.7 Å². The van der Waals surface area contributed by atoms with E-state index in [1.807, 2.05) is 43.3 Å². The first kappa shape index (κ1) is 20.9. The molecule has 0 spiro atoms. The molecule has 4 rings (SSSR count). The van der Waals surface area contributed by atoms with Gasteiger partial charge in [-0.25, -0.2) is 4.79 Å². The molecular weight excluding hydrogens is 414 g/mol. The number of para-hydroxylation sites is 1. The molecule has 2 aromatic carbocycles. The van der Waals surface area contributed by atoms with E-state index in [0.717, 1.165) is 35.7 Å². The predicted molar refractivity (Wildman–Crippen MR) is 123 cm³/mol. The topological polar surface area (TPSA) is 70.5 Å². The molecular formula is C23H24ClN5O2. The zero-order chi connectivity index (χ0) is 21.8. The number of anilines is 2. The fourth-order valence-corrected chi connectivity index (χ4v) is 3.77. The van der Waals surface area contributed by atoms with Crippen molar-refractivity contribution in [2.24, 2.45) is 0 Å². The lowest BCUT2D eigenvalue weighted by Gasteiger charge is -2.23. The summed E-state index contributed by atoms with van der Waals surface area (Å²) < 4.78 is 1.41. The number of nitrogens with zero attached hydrogens (tertiary/aromatic N) is 4.